The maximum absolute atomic E-state index is 6.12. The minimum Gasteiger partial charge on any atom is -0.315 e. The van der Waals surface area contributed by atoms with Crippen molar-refractivity contribution in [1.29, 1.82) is 0 Å². The van der Waals surface area contributed by atoms with Crippen LogP contribution in [0.25, 0.3) is 0 Å². The van der Waals surface area contributed by atoms with E-state index < -0.39 is 0 Å². The van der Waals surface area contributed by atoms with E-state index >= 15 is 0 Å². The zero-order chi connectivity index (χ0) is 12.1. The van der Waals surface area contributed by atoms with Crippen molar-refractivity contribution in [2.24, 2.45) is 0 Å². The Morgan fingerprint density at radius 3 is 3.06 bits per heavy atom. The maximum atomic E-state index is 6.12. The van der Waals surface area contributed by atoms with Crippen LogP contribution in [0.5, 0.6) is 0 Å². The van der Waals surface area contributed by atoms with E-state index in [4.69, 9.17) is 11.6 Å². The Hall–Kier alpha value is -0.530. The average molecular weight is 252 g/mol. The van der Waals surface area contributed by atoms with Gasteiger partial charge in [0, 0.05) is 18.5 Å². The van der Waals surface area contributed by atoms with Crippen molar-refractivity contribution in [3.8, 4) is 0 Å². The summed E-state index contributed by atoms with van der Waals surface area (Å²) in [4.78, 5) is 0. The molecule has 94 valence electrons. The fraction of sp³-hybridized carbons (Fsp3) is 0.600. The molecule has 2 rings (SSSR count). The van der Waals surface area contributed by atoms with Gasteiger partial charge in [0.15, 0.2) is 0 Å². The van der Waals surface area contributed by atoms with E-state index in [-0.39, 0.29) is 5.38 Å². The molecule has 0 spiro atoms. The van der Waals surface area contributed by atoms with Crippen molar-refractivity contribution >= 4 is 11.6 Å². The molecule has 0 bridgehead atoms. The molecule has 1 nitrogen and oxygen atoms in total. The predicted molar refractivity (Wildman–Crippen MR) is 74.9 cm³/mol. The number of aryl methyl sites for hydroxylation is 1. The van der Waals surface area contributed by atoms with E-state index in [9.17, 15) is 0 Å². The number of alkyl halides is 1. The molecule has 1 aromatic carbocycles. The molecule has 0 saturated heterocycles. The van der Waals surface area contributed by atoms with E-state index in [1.807, 2.05) is 0 Å². The van der Waals surface area contributed by atoms with Gasteiger partial charge in [-0.25, -0.2) is 0 Å². The topological polar surface area (TPSA) is 12.0 Å². The Morgan fingerprint density at radius 2 is 2.24 bits per heavy atom. The van der Waals surface area contributed by atoms with Crippen molar-refractivity contribution in [3.63, 3.8) is 0 Å². The first-order chi connectivity index (χ1) is 8.31. The van der Waals surface area contributed by atoms with Crippen molar-refractivity contribution in [2.45, 2.75) is 43.9 Å². The van der Waals surface area contributed by atoms with Gasteiger partial charge < -0.3 is 5.32 Å². The van der Waals surface area contributed by atoms with Gasteiger partial charge in [0.05, 0.1) is 0 Å². The molecule has 1 N–H and O–H groups in total. The number of nitrogens with one attached hydrogen (secondary N) is 1. The molecule has 2 unspecified atom stereocenters. The number of hydrogen-bond acceptors (Lipinski definition) is 1. The Balaban J connectivity index is 1.90. The molecular formula is C15H22ClN. The van der Waals surface area contributed by atoms with Crippen LogP contribution < -0.4 is 5.32 Å². The molecule has 1 aliphatic carbocycles. The lowest BCUT2D eigenvalue weighted by Gasteiger charge is -2.26. The van der Waals surface area contributed by atoms with Crippen LogP contribution >= 0.6 is 11.6 Å². The lowest BCUT2D eigenvalue weighted by atomic mass is 9.83. The number of rotatable bonds is 5. The third-order valence-electron chi connectivity index (χ3n) is 3.69. The first-order valence-corrected chi connectivity index (χ1v) is 7.17. The summed E-state index contributed by atoms with van der Waals surface area (Å²) in [7, 11) is 0. The summed E-state index contributed by atoms with van der Waals surface area (Å²) in [6.45, 7) is 4.13. The van der Waals surface area contributed by atoms with E-state index in [0.29, 0.717) is 5.92 Å². The van der Waals surface area contributed by atoms with Gasteiger partial charge in [-0.05, 0) is 42.7 Å². The summed E-state index contributed by atoms with van der Waals surface area (Å²) in [5.41, 5.74) is 3.09. The molecule has 0 aliphatic heterocycles. The molecule has 0 amide bonds. The van der Waals surface area contributed by atoms with Crippen LogP contribution in [-0.2, 0) is 6.42 Å². The van der Waals surface area contributed by atoms with E-state index in [1.54, 1.807) is 11.1 Å². The highest BCUT2D eigenvalue weighted by Gasteiger charge is 2.19. The van der Waals surface area contributed by atoms with Gasteiger partial charge in [0.1, 0.15) is 0 Å². The standard InChI is InChI=1S/C15H22ClN/c1-2-14(16)11-17-10-13-8-5-7-12-6-3-4-9-15(12)13/h3-4,6,9,13-14,17H,2,5,7-8,10-11H2,1H3. The van der Waals surface area contributed by atoms with Gasteiger partial charge >= 0.3 is 0 Å². The highest BCUT2D eigenvalue weighted by Crippen LogP contribution is 2.30. The highest BCUT2D eigenvalue weighted by atomic mass is 35.5. The van der Waals surface area contributed by atoms with Crippen LogP contribution in [0.3, 0.4) is 0 Å². The maximum Gasteiger partial charge on any atom is 0.0458 e. The minimum absolute atomic E-state index is 0.272. The van der Waals surface area contributed by atoms with Crippen LogP contribution in [0.1, 0.15) is 43.2 Å². The third-order valence-corrected chi connectivity index (χ3v) is 4.16. The van der Waals surface area contributed by atoms with Crippen molar-refractivity contribution < 1.29 is 0 Å². The molecule has 1 aromatic rings. The Kier molecular flexibility index (Phi) is 4.87. The van der Waals surface area contributed by atoms with E-state index in [0.717, 1.165) is 19.5 Å². The molecule has 17 heavy (non-hydrogen) atoms. The van der Waals surface area contributed by atoms with Gasteiger partial charge in [-0.1, -0.05) is 31.2 Å². The first-order valence-electron chi connectivity index (χ1n) is 6.74. The average Bonchev–Trinajstić information content (AvgIpc) is 2.39. The van der Waals surface area contributed by atoms with E-state index in [2.05, 4.69) is 36.5 Å². The fourth-order valence-electron chi connectivity index (χ4n) is 2.63. The zero-order valence-corrected chi connectivity index (χ0v) is 11.3. The number of halogens is 1. The molecular weight excluding hydrogens is 230 g/mol. The normalized spacial score (nSPS) is 20.9. The quantitative estimate of drug-likeness (QED) is 0.787. The van der Waals surface area contributed by atoms with Crippen molar-refractivity contribution in [1.82, 2.24) is 5.32 Å². The summed E-state index contributed by atoms with van der Waals surface area (Å²) < 4.78 is 0. The second-order valence-electron chi connectivity index (χ2n) is 4.95. The summed E-state index contributed by atoms with van der Waals surface area (Å²) in [5.74, 6) is 0.681. The molecule has 0 heterocycles. The molecule has 0 saturated carbocycles. The Bertz CT molecular complexity index is 351. The monoisotopic (exact) mass is 251 g/mol. The minimum atomic E-state index is 0.272. The van der Waals surface area contributed by atoms with Crippen molar-refractivity contribution in [2.75, 3.05) is 13.1 Å². The number of hydrogen-bond donors (Lipinski definition) is 1. The van der Waals surface area contributed by atoms with Gasteiger partial charge in [-0.15, -0.1) is 11.6 Å². The Labute approximate surface area is 110 Å². The highest BCUT2D eigenvalue weighted by molar-refractivity contribution is 6.20. The summed E-state index contributed by atoms with van der Waals surface area (Å²) in [5, 5.41) is 3.79. The SMILES string of the molecule is CCC(Cl)CNCC1CCCc2ccccc21. The predicted octanol–water partition coefficient (Wildman–Crippen LogP) is 3.71. The van der Waals surface area contributed by atoms with Gasteiger partial charge in [-0.3, -0.25) is 0 Å². The number of benzene rings is 1. The van der Waals surface area contributed by atoms with Crippen LogP contribution in [0.2, 0.25) is 0 Å². The Morgan fingerprint density at radius 1 is 1.41 bits per heavy atom. The second kappa shape index (κ2) is 6.42. The molecule has 0 fully saturated rings. The van der Waals surface area contributed by atoms with Crippen LogP contribution in [0.4, 0.5) is 0 Å². The number of fused-ring (bicyclic) bond motifs is 1. The third kappa shape index (κ3) is 3.46. The molecule has 0 radical (unpaired) electrons. The summed E-state index contributed by atoms with van der Waals surface area (Å²) in [6.07, 6.45) is 4.92. The van der Waals surface area contributed by atoms with Crippen LogP contribution in [-0.4, -0.2) is 18.5 Å². The van der Waals surface area contributed by atoms with E-state index in [1.165, 1.54) is 19.3 Å². The van der Waals surface area contributed by atoms with Gasteiger partial charge in [-0.2, -0.15) is 0 Å². The first kappa shape index (κ1) is 12.9. The molecule has 2 heteroatoms. The lowest BCUT2D eigenvalue weighted by molar-refractivity contribution is 0.504. The second-order valence-corrected chi connectivity index (χ2v) is 5.57. The largest absolute Gasteiger partial charge is 0.315 e. The summed E-state index contributed by atoms with van der Waals surface area (Å²) >= 11 is 6.12. The smallest absolute Gasteiger partial charge is 0.0458 e. The van der Waals surface area contributed by atoms with Gasteiger partial charge in [0.2, 0.25) is 0 Å². The van der Waals surface area contributed by atoms with Crippen LogP contribution in [0.15, 0.2) is 24.3 Å². The molecule has 1 aliphatic rings. The van der Waals surface area contributed by atoms with Crippen LogP contribution in [0, 0.1) is 0 Å². The fourth-order valence-corrected chi connectivity index (χ4v) is 2.73. The zero-order valence-electron chi connectivity index (χ0n) is 10.6. The molecule has 2 atom stereocenters. The lowest BCUT2D eigenvalue weighted by Crippen LogP contribution is -2.29. The van der Waals surface area contributed by atoms with Gasteiger partial charge in [0.25, 0.3) is 0 Å². The van der Waals surface area contributed by atoms with Crippen molar-refractivity contribution in [3.05, 3.63) is 35.4 Å². The molecule has 0 aromatic heterocycles. The summed E-state index contributed by atoms with van der Waals surface area (Å²) in [6, 6.07) is 8.88.